The van der Waals surface area contributed by atoms with Crippen molar-refractivity contribution in [3.63, 3.8) is 0 Å². The summed E-state index contributed by atoms with van der Waals surface area (Å²) >= 11 is 0. The summed E-state index contributed by atoms with van der Waals surface area (Å²) in [5, 5.41) is 3.65. The standard InChI is InChI=1S/C14H28N2/c1-14(2)10-13(15-11-14)7-9-16(3)8-6-12-4-5-12/h12-13,15H,4-11H2,1-3H3. The summed E-state index contributed by atoms with van der Waals surface area (Å²) in [6.07, 6.45) is 7.09. The van der Waals surface area contributed by atoms with E-state index in [1.54, 1.807) is 0 Å². The lowest BCUT2D eigenvalue weighted by atomic mass is 9.90. The van der Waals surface area contributed by atoms with Gasteiger partial charge < -0.3 is 10.2 Å². The third-order valence-corrected chi connectivity index (χ3v) is 4.14. The van der Waals surface area contributed by atoms with Crippen LogP contribution in [0.3, 0.4) is 0 Å². The fourth-order valence-corrected chi connectivity index (χ4v) is 2.73. The van der Waals surface area contributed by atoms with Gasteiger partial charge in [0.2, 0.25) is 0 Å². The molecule has 0 aromatic carbocycles. The normalized spacial score (nSPS) is 28.9. The second kappa shape index (κ2) is 5.05. The van der Waals surface area contributed by atoms with Gasteiger partial charge in [-0.15, -0.1) is 0 Å². The fraction of sp³-hybridized carbons (Fsp3) is 1.00. The zero-order chi connectivity index (χ0) is 11.6. The first-order valence-electron chi connectivity index (χ1n) is 6.97. The van der Waals surface area contributed by atoms with Crippen LogP contribution >= 0.6 is 0 Å². The Morgan fingerprint density at radius 1 is 1.19 bits per heavy atom. The van der Waals surface area contributed by atoms with E-state index in [4.69, 9.17) is 0 Å². The van der Waals surface area contributed by atoms with Crippen LogP contribution in [0.25, 0.3) is 0 Å². The lowest BCUT2D eigenvalue weighted by Gasteiger charge is -2.20. The molecule has 1 aliphatic carbocycles. The highest BCUT2D eigenvalue weighted by Gasteiger charge is 2.30. The van der Waals surface area contributed by atoms with Gasteiger partial charge in [0.25, 0.3) is 0 Å². The summed E-state index contributed by atoms with van der Waals surface area (Å²) in [6, 6.07) is 0.762. The van der Waals surface area contributed by atoms with E-state index < -0.39 is 0 Å². The molecule has 1 N–H and O–H groups in total. The van der Waals surface area contributed by atoms with Crippen LogP contribution in [0.2, 0.25) is 0 Å². The van der Waals surface area contributed by atoms with Crippen LogP contribution in [0.15, 0.2) is 0 Å². The average molecular weight is 224 g/mol. The van der Waals surface area contributed by atoms with E-state index in [2.05, 4.69) is 31.1 Å². The number of nitrogens with zero attached hydrogens (tertiary/aromatic N) is 1. The first-order valence-corrected chi connectivity index (χ1v) is 6.97. The summed E-state index contributed by atoms with van der Waals surface area (Å²) in [4.78, 5) is 2.52. The molecule has 0 amide bonds. The van der Waals surface area contributed by atoms with Crippen molar-refractivity contribution in [3.8, 4) is 0 Å². The average Bonchev–Trinajstić information content (AvgIpc) is 2.97. The Hall–Kier alpha value is -0.0800. The van der Waals surface area contributed by atoms with E-state index in [-0.39, 0.29) is 0 Å². The fourth-order valence-electron chi connectivity index (χ4n) is 2.73. The molecular formula is C14H28N2. The number of nitrogens with one attached hydrogen (secondary N) is 1. The molecule has 2 nitrogen and oxygen atoms in total. The second-order valence-electron chi connectivity index (χ2n) is 6.77. The quantitative estimate of drug-likeness (QED) is 0.746. The van der Waals surface area contributed by atoms with Gasteiger partial charge in [0.15, 0.2) is 0 Å². The molecule has 0 bridgehead atoms. The molecular weight excluding hydrogens is 196 g/mol. The van der Waals surface area contributed by atoms with Crippen molar-refractivity contribution in [2.75, 3.05) is 26.7 Å². The molecule has 2 fully saturated rings. The van der Waals surface area contributed by atoms with E-state index in [1.165, 1.54) is 51.7 Å². The Labute approximate surface area is 101 Å². The highest BCUT2D eigenvalue weighted by Crippen LogP contribution is 2.32. The minimum absolute atomic E-state index is 0.525. The third-order valence-electron chi connectivity index (χ3n) is 4.14. The zero-order valence-corrected chi connectivity index (χ0v) is 11.3. The van der Waals surface area contributed by atoms with Gasteiger partial charge >= 0.3 is 0 Å². The van der Waals surface area contributed by atoms with Gasteiger partial charge in [0.1, 0.15) is 0 Å². The van der Waals surface area contributed by atoms with Crippen LogP contribution < -0.4 is 5.32 Å². The SMILES string of the molecule is CN(CCC1CC1)CCC1CC(C)(C)CN1. The maximum atomic E-state index is 3.65. The molecule has 1 aliphatic heterocycles. The minimum atomic E-state index is 0.525. The molecule has 1 saturated carbocycles. The molecule has 16 heavy (non-hydrogen) atoms. The van der Waals surface area contributed by atoms with Gasteiger partial charge in [-0.3, -0.25) is 0 Å². The number of hydrogen-bond acceptors (Lipinski definition) is 2. The lowest BCUT2D eigenvalue weighted by Crippen LogP contribution is -2.29. The molecule has 0 aromatic heterocycles. The predicted octanol–water partition coefficient (Wildman–Crippen LogP) is 2.50. The van der Waals surface area contributed by atoms with Crippen LogP contribution in [-0.4, -0.2) is 37.6 Å². The van der Waals surface area contributed by atoms with E-state index >= 15 is 0 Å². The monoisotopic (exact) mass is 224 g/mol. The van der Waals surface area contributed by atoms with Crippen LogP contribution in [0, 0.1) is 11.3 Å². The molecule has 0 aromatic rings. The summed E-state index contributed by atoms with van der Waals surface area (Å²) in [5.41, 5.74) is 0.525. The smallest absolute Gasteiger partial charge is 0.00850 e. The van der Waals surface area contributed by atoms with Crippen molar-refractivity contribution in [2.24, 2.45) is 11.3 Å². The minimum Gasteiger partial charge on any atom is -0.313 e. The maximum Gasteiger partial charge on any atom is 0.00850 e. The molecule has 0 radical (unpaired) electrons. The molecule has 0 spiro atoms. The van der Waals surface area contributed by atoms with Crippen molar-refractivity contribution >= 4 is 0 Å². The molecule has 1 saturated heterocycles. The zero-order valence-electron chi connectivity index (χ0n) is 11.3. The van der Waals surface area contributed by atoms with Crippen molar-refractivity contribution in [1.82, 2.24) is 10.2 Å². The first-order chi connectivity index (χ1) is 7.55. The molecule has 1 heterocycles. The predicted molar refractivity (Wildman–Crippen MR) is 69.6 cm³/mol. The van der Waals surface area contributed by atoms with Crippen molar-refractivity contribution < 1.29 is 0 Å². The van der Waals surface area contributed by atoms with Gasteiger partial charge in [0, 0.05) is 12.6 Å². The van der Waals surface area contributed by atoms with Gasteiger partial charge in [-0.05, 0) is 50.7 Å². The Balaban J connectivity index is 1.56. The van der Waals surface area contributed by atoms with Crippen molar-refractivity contribution in [3.05, 3.63) is 0 Å². The molecule has 2 aliphatic rings. The van der Waals surface area contributed by atoms with E-state index in [0.29, 0.717) is 5.41 Å². The highest BCUT2D eigenvalue weighted by molar-refractivity contribution is 4.87. The Bertz CT molecular complexity index is 221. The Morgan fingerprint density at radius 2 is 1.88 bits per heavy atom. The highest BCUT2D eigenvalue weighted by atomic mass is 15.1. The molecule has 2 rings (SSSR count). The summed E-state index contributed by atoms with van der Waals surface area (Å²) in [7, 11) is 2.28. The van der Waals surface area contributed by atoms with Crippen LogP contribution in [0.4, 0.5) is 0 Å². The van der Waals surface area contributed by atoms with E-state index in [9.17, 15) is 0 Å². The second-order valence-corrected chi connectivity index (χ2v) is 6.77. The lowest BCUT2D eigenvalue weighted by molar-refractivity contribution is 0.298. The maximum absolute atomic E-state index is 3.65. The third kappa shape index (κ3) is 4.06. The Morgan fingerprint density at radius 3 is 2.44 bits per heavy atom. The number of rotatable bonds is 6. The van der Waals surface area contributed by atoms with Crippen LogP contribution in [0.1, 0.15) is 46.0 Å². The Kier molecular flexibility index (Phi) is 3.91. The van der Waals surface area contributed by atoms with Gasteiger partial charge in [-0.2, -0.15) is 0 Å². The van der Waals surface area contributed by atoms with E-state index in [0.717, 1.165) is 12.0 Å². The summed E-state index contributed by atoms with van der Waals surface area (Å²) in [5.74, 6) is 1.07. The van der Waals surface area contributed by atoms with E-state index in [1.807, 2.05) is 0 Å². The first kappa shape index (κ1) is 12.4. The van der Waals surface area contributed by atoms with Gasteiger partial charge in [-0.25, -0.2) is 0 Å². The van der Waals surface area contributed by atoms with Crippen molar-refractivity contribution in [1.29, 1.82) is 0 Å². The molecule has 94 valence electrons. The van der Waals surface area contributed by atoms with Crippen LogP contribution in [-0.2, 0) is 0 Å². The van der Waals surface area contributed by atoms with Gasteiger partial charge in [0.05, 0.1) is 0 Å². The molecule has 2 heteroatoms. The topological polar surface area (TPSA) is 15.3 Å². The summed E-state index contributed by atoms with van der Waals surface area (Å²) < 4.78 is 0. The van der Waals surface area contributed by atoms with Gasteiger partial charge in [-0.1, -0.05) is 26.7 Å². The number of hydrogen-bond donors (Lipinski definition) is 1. The molecule has 1 atom stereocenters. The summed E-state index contributed by atoms with van der Waals surface area (Å²) in [6.45, 7) is 8.51. The van der Waals surface area contributed by atoms with Crippen molar-refractivity contribution in [2.45, 2.75) is 52.0 Å². The molecule has 1 unspecified atom stereocenters. The van der Waals surface area contributed by atoms with Crippen LogP contribution in [0.5, 0.6) is 0 Å². The largest absolute Gasteiger partial charge is 0.313 e.